The molecule has 0 atom stereocenters. The Hall–Kier alpha value is -1.55. The van der Waals surface area contributed by atoms with Crippen LogP contribution in [0.1, 0.15) is 13.8 Å². The molecule has 8 nitrogen and oxygen atoms in total. The fourth-order valence-corrected chi connectivity index (χ4v) is 1.96. The number of nitrogens with zero attached hydrogens (tertiary/aromatic N) is 2. The van der Waals surface area contributed by atoms with Gasteiger partial charge in [-0.05, 0) is 25.2 Å². The Kier molecular flexibility index (Phi) is 5.65. The maximum absolute atomic E-state index is 11.5. The van der Waals surface area contributed by atoms with Gasteiger partial charge in [0.25, 0.3) is 5.19 Å². The van der Waals surface area contributed by atoms with Crippen LogP contribution in [0.3, 0.4) is 0 Å². The van der Waals surface area contributed by atoms with Gasteiger partial charge in [-0.3, -0.25) is 4.79 Å². The Balaban J connectivity index is 2.81. The van der Waals surface area contributed by atoms with Gasteiger partial charge < -0.3 is 13.7 Å². The number of hydrogen-bond donors (Lipinski definition) is 0. The van der Waals surface area contributed by atoms with Gasteiger partial charge >= 0.3 is 16.7 Å². The standard InChI is InChI=1S/C8H10N2O6S2/c1-3-14-6-9-5(11)10(7(12)17-6)18-16-8(13)15-4-2/h3-4H2,1-2H3. The molecule has 0 N–H and O–H groups in total. The maximum atomic E-state index is 11.5. The molecule has 1 aromatic heterocycles. The van der Waals surface area contributed by atoms with E-state index in [0.717, 1.165) is 0 Å². The van der Waals surface area contributed by atoms with Gasteiger partial charge in [-0.25, -0.2) is 9.59 Å². The zero-order valence-electron chi connectivity index (χ0n) is 9.57. The molecule has 0 aliphatic heterocycles. The van der Waals surface area contributed by atoms with E-state index in [4.69, 9.17) is 4.74 Å². The minimum atomic E-state index is -0.993. The van der Waals surface area contributed by atoms with Crippen LogP contribution in [-0.4, -0.2) is 28.3 Å². The number of aromatic nitrogens is 2. The highest BCUT2D eigenvalue weighted by molar-refractivity contribution is 7.93. The second-order valence-corrected chi connectivity index (χ2v) is 4.18. The Bertz CT molecular complexity index is 494. The quantitative estimate of drug-likeness (QED) is 0.577. The van der Waals surface area contributed by atoms with E-state index in [0.29, 0.717) is 21.9 Å². The van der Waals surface area contributed by atoms with Crippen LogP contribution in [0.4, 0.5) is 4.79 Å². The van der Waals surface area contributed by atoms with Crippen molar-refractivity contribution < 1.29 is 18.5 Å². The average Bonchev–Trinajstić information content (AvgIpc) is 2.28. The van der Waals surface area contributed by atoms with Gasteiger partial charge in [0.15, 0.2) is 12.2 Å². The normalized spacial score (nSPS) is 9.89. The van der Waals surface area contributed by atoms with Crippen molar-refractivity contribution in [3.8, 4) is 5.19 Å². The monoisotopic (exact) mass is 294 g/mol. The third-order valence-corrected chi connectivity index (χ3v) is 2.95. The lowest BCUT2D eigenvalue weighted by Gasteiger charge is -2.03. The topological polar surface area (TPSA) is 96.7 Å². The largest absolute Gasteiger partial charge is 0.522 e. The van der Waals surface area contributed by atoms with Gasteiger partial charge in [0, 0.05) is 0 Å². The molecule has 100 valence electrons. The van der Waals surface area contributed by atoms with Gasteiger partial charge in [-0.1, -0.05) is 0 Å². The van der Waals surface area contributed by atoms with Crippen molar-refractivity contribution in [2.75, 3.05) is 13.2 Å². The summed E-state index contributed by atoms with van der Waals surface area (Å²) in [5, 5.41) is -0.0273. The first-order valence-corrected chi connectivity index (χ1v) is 6.38. The van der Waals surface area contributed by atoms with Gasteiger partial charge in [0.1, 0.15) is 0 Å². The van der Waals surface area contributed by atoms with Crippen LogP contribution >= 0.6 is 23.6 Å². The molecule has 1 rings (SSSR count). The van der Waals surface area contributed by atoms with Crippen molar-refractivity contribution >= 4 is 29.7 Å². The summed E-state index contributed by atoms with van der Waals surface area (Å²) < 4.78 is 14.5. The molecule has 0 aliphatic carbocycles. The molecular weight excluding hydrogens is 284 g/mol. The van der Waals surface area contributed by atoms with E-state index in [-0.39, 0.29) is 24.0 Å². The van der Waals surface area contributed by atoms with Crippen molar-refractivity contribution in [3.05, 3.63) is 20.2 Å². The minimum absolute atomic E-state index is 0.0273. The molecule has 0 fully saturated rings. The second kappa shape index (κ2) is 7.01. The first-order valence-electron chi connectivity index (χ1n) is 4.87. The van der Waals surface area contributed by atoms with Crippen LogP contribution in [0.15, 0.2) is 9.59 Å². The summed E-state index contributed by atoms with van der Waals surface area (Å²) in [7, 11) is 0. The van der Waals surface area contributed by atoms with Crippen LogP contribution in [0.25, 0.3) is 0 Å². The predicted molar refractivity (Wildman–Crippen MR) is 64.9 cm³/mol. The van der Waals surface area contributed by atoms with Crippen LogP contribution < -0.4 is 15.3 Å². The van der Waals surface area contributed by atoms with E-state index in [1.54, 1.807) is 13.8 Å². The van der Waals surface area contributed by atoms with Crippen molar-refractivity contribution in [1.29, 1.82) is 0 Å². The summed E-state index contributed by atoms with van der Waals surface area (Å²) in [6, 6.07) is 0. The Morgan fingerprint density at radius 2 is 2.11 bits per heavy atom. The third-order valence-electron chi connectivity index (χ3n) is 1.41. The minimum Gasteiger partial charge on any atom is -0.470 e. The number of rotatable bonds is 5. The van der Waals surface area contributed by atoms with E-state index in [1.807, 2.05) is 0 Å². The van der Waals surface area contributed by atoms with Gasteiger partial charge in [0.05, 0.1) is 13.2 Å². The lowest BCUT2D eigenvalue weighted by atomic mass is 10.9. The predicted octanol–water partition coefficient (Wildman–Crippen LogP) is 0.648. The van der Waals surface area contributed by atoms with Crippen LogP contribution in [0.2, 0.25) is 0 Å². The molecular formula is C8H10N2O6S2. The summed E-state index contributed by atoms with van der Waals surface area (Å²) in [6.45, 7) is 3.71. The smallest absolute Gasteiger partial charge is 0.470 e. The number of hydrogen-bond acceptors (Lipinski definition) is 9. The molecule has 0 bridgehead atoms. The summed E-state index contributed by atoms with van der Waals surface area (Å²) in [5.41, 5.74) is -0.878. The second-order valence-electron chi connectivity index (χ2n) is 2.60. The molecule has 10 heteroatoms. The first kappa shape index (κ1) is 14.5. The van der Waals surface area contributed by atoms with Crippen molar-refractivity contribution in [2.24, 2.45) is 0 Å². The van der Waals surface area contributed by atoms with E-state index >= 15 is 0 Å². The fourth-order valence-electron chi connectivity index (χ4n) is 0.798. The third kappa shape index (κ3) is 4.04. The average molecular weight is 294 g/mol. The maximum Gasteiger partial charge on any atom is 0.522 e. The zero-order valence-corrected chi connectivity index (χ0v) is 11.2. The van der Waals surface area contributed by atoms with Crippen LogP contribution in [0, 0.1) is 0 Å². The van der Waals surface area contributed by atoms with Gasteiger partial charge in [-0.15, -0.1) is 4.98 Å². The first-order chi connectivity index (χ1) is 8.58. The molecule has 0 radical (unpaired) electrons. The molecule has 1 aromatic rings. The van der Waals surface area contributed by atoms with E-state index in [2.05, 4.69) is 13.9 Å². The zero-order chi connectivity index (χ0) is 13.5. The van der Waals surface area contributed by atoms with Gasteiger partial charge in [0.2, 0.25) is 0 Å². The summed E-state index contributed by atoms with van der Waals surface area (Å²) >= 11 is 0.887. The highest BCUT2D eigenvalue weighted by Crippen LogP contribution is 2.09. The van der Waals surface area contributed by atoms with Gasteiger partial charge in [-0.2, -0.15) is 3.97 Å². The van der Waals surface area contributed by atoms with E-state index in [9.17, 15) is 14.4 Å². The number of carbonyl (C=O) groups excluding carboxylic acids is 1. The highest BCUT2D eigenvalue weighted by Gasteiger charge is 2.12. The molecule has 0 unspecified atom stereocenters. The summed E-state index contributed by atoms with van der Waals surface area (Å²) in [5.74, 6) is 0. The van der Waals surface area contributed by atoms with Crippen molar-refractivity contribution in [2.45, 2.75) is 13.8 Å². The summed E-state index contributed by atoms with van der Waals surface area (Å²) in [6.07, 6.45) is -0.993. The molecule has 0 spiro atoms. The Morgan fingerprint density at radius 1 is 1.39 bits per heavy atom. The Morgan fingerprint density at radius 3 is 2.67 bits per heavy atom. The molecule has 1 heterocycles. The van der Waals surface area contributed by atoms with Crippen molar-refractivity contribution in [1.82, 2.24) is 8.96 Å². The van der Waals surface area contributed by atoms with Crippen LogP contribution in [-0.2, 0) is 8.92 Å². The lowest BCUT2D eigenvalue weighted by molar-refractivity contribution is 0.111. The number of carbonyl (C=O) groups is 1. The molecule has 0 saturated heterocycles. The molecule has 0 amide bonds. The number of ether oxygens (including phenoxy) is 2. The van der Waals surface area contributed by atoms with Crippen molar-refractivity contribution in [3.63, 3.8) is 0 Å². The lowest BCUT2D eigenvalue weighted by Crippen LogP contribution is -2.29. The van der Waals surface area contributed by atoms with E-state index < -0.39 is 16.7 Å². The SMILES string of the molecule is CCOC(=O)OSn1c(=O)nc(OCC)sc1=O. The molecule has 0 aromatic carbocycles. The van der Waals surface area contributed by atoms with E-state index in [1.165, 1.54) is 0 Å². The van der Waals surface area contributed by atoms with Crippen LogP contribution in [0.5, 0.6) is 5.19 Å². The highest BCUT2D eigenvalue weighted by atomic mass is 32.2. The summed E-state index contributed by atoms with van der Waals surface area (Å²) in [4.78, 5) is 36.7. The molecule has 0 saturated carbocycles. The molecule has 18 heavy (non-hydrogen) atoms. The fraction of sp³-hybridized carbons (Fsp3) is 0.500. The molecule has 0 aliphatic rings. The Labute approximate surface area is 110 Å².